The van der Waals surface area contributed by atoms with E-state index in [0.717, 1.165) is 6.42 Å². The van der Waals surface area contributed by atoms with Crippen molar-refractivity contribution in [2.45, 2.75) is 46.1 Å². The summed E-state index contributed by atoms with van der Waals surface area (Å²) in [5.41, 5.74) is 5.50. The number of rotatable bonds is 3. The van der Waals surface area contributed by atoms with Gasteiger partial charge in [-0.15, -0.1) is 0 Å². The molecule has 1 saturated carbocycles. The van der Waals surface area contributed by atoms with Crippen LogP contribution < -0.4 is 5.73 Å². The van der Waals surface area contributed by atoms with Gasteiger partial charge in [0.15, 0.2) is 0 Å². The maximum Gasteiger partial charge on any atom is 0.303 e. The summed E-state index contributed by atoms with van der Waals surface area (Å²) in [6, 6.07) is 0. The molecule has 0 heterocycles. The second-order valence-electron chi connectivity index (χ2n) is 5.42. The molecule has 3 unspecified atom stereocenters. The molecule has 1 aliphatic rings. The van der Waals surface area contributed by atoms with Gasteiger partial charge in [0.25, 0.3) is 0 Å². The van der Waals surface area contributed by atoms with E-state index >= 15 is 0 Å². The first kappa shape index (κ1) is 11.5. The van der Waals surface area contributed by atoms with Crippen molar-refractivity contribution in [1.82, 2.24) is 0 Å². The molecular weight excluding hydrogens is 178 g/mol. The third kappa shape index (κ3) is 1.54. The summed E-state index contributed by atoms with van der Waals surface area (Å²) < 4.78 is 0. The van der Waals surface area contributed by atoms with Crippen LogP contribution in [0.2, 0.25) is 0 Å². The summed E-state index contributed by atoms with van der Waals surface area (Å²) in [6.45, 7) is 8.17. The van der Waals surface area contributed by atoms with Gasteiger partial charge in [-0.25, -0.2) is 0 Å². The average molecular weight is 199 g/mol. The smallest absolute Gasteiger partial charge is 0.303 e. The molecule has 3 heteroatoms. The molecule has 0 aromatic carbocycles. The summed E-state index contributed by atoms with van der Waals surface area (Å²) in [6.07, 6.45) is 1.13. The third-order valence-corrected chi connectivity index (χ3v) is 4.16. The van der Waals surface area contributed by atoms with E-state index in [4.69, 9.17) is 10.8 Å². The molecule has 0 bridgehead atoms. The van der Waals surface area contributed by atoms with Crippen molar-refractivity contribution in [3.8, 4) is 0 Å². The molecule has 3 N–H and O–H groups in total. The molecule has 0 radical (unpaired) electrons. The minimum atomic E-state index is -0.734. The van der Waals surface area contributed by atoms with Gasteiger partial charge in [-0.1, -0.05) is 13.8 Å². The van der Waals surface area contributed by atoms with Gasteiger partial charge < -0.3 is 10.8 Å². The normalized spacial score (nSPS) is 37.8. The minimum absolute atomic E-state index is 0.196. The molecule has 0 saturated heterocycles. The molecule has 14 heavy (non-hydrogen) atoms. The molecule has 0 amide bonds. The van der Waals surface area contributed by atoms with Crippen molar-refractivity contribution in [3.63, 3.8) is 0 Å². The van der Waals surface area contributed by atoms with Gasteiger partial charge in [0.2, 0.25) is 0 Å². The van der Waals surface area contributed by atoms with Crippen molar-refractivity contribution in [1.29, 1.82) is 0 Å². The van der Waals surface area contributed by atoms with Crippen LogP contribution in [0.5, 0.6) is 0 Å². The van der Waals surface area contributed by atoms with Gasteiger partial charge in [-0.05, 0) is 32.1 Å². The molecule has 1 rings (SSSR count). The monoisotopic (exact) mass is 199 g/mol. The zero-order valence-corrected chi connectivity index (χ0v) is 9.50. The maximum absolute atomic E-state index is 10.9. The van der Waals surface area contributed by atoms with E-state index in [1.807, 2.05) is 13.8 Å². The number of hydrogen-bond donors (Lipinski definition) is 2. The van der Waals surface area contributed by atoms with Crippen LogP contribution in [-0.4, -0.2) is 16.6 Å². The number of carboxylic acids is 1. The predicted octanol–water partition coefficient (Wildman–Crippen LogP) is 1.86. The Hall–Kier alpha value is -0.570. The van der Waals surface area contributed by atoms with E-state index < -0.39 is 11.5 Å². The lowest BCUT2D eigenvalue weighted by molar-refractivity contribution is -0.152. The fourth-order valence-corrected chi connectivity index (χ4v) is 2.90. The number of carbonyl (C=O) groups is 1. The highest BCUT2D eigenvalue weighted by molar-refractivity contribution is 5.68. The van der Waals surface area contributed by atoms with Gasteiger partial charge in [-0.2, -0.15) is 0 Å². The Morgan fingerprint density at radius 3 is 2.29 bits per heavy atom. The molecule has 3 nitrogen and oxygen atoms in total. The average Bonchev–Trinajstić information content (AvgIpc) is 2.00. The third-order valence-electron chi connectivity index (χ3n) is 4.16. The van der Waals surface area contributed by atoms with Crippen LogP contribution in [0, 0.1) is 17.3 Å². The van der Waals surface area contributed by atoms with E-state index in [0.29, 0.717) is 11.8 Å². The lowest BCUT2D eigenvalue weighted by Gasteiger charge is -2.59. The molecule has 0 aromatic rings. The van der Waals surface area contributed by atoms with E-state index in [9.17, 15) is 4.79 Å². The number of hydrogen-bond acceptors (Lipinski definition) is 2. The topological polar surface area (TPSA) is 63.3 Å². The van der Waals surface area contributed by atoms with Crippen LogP contribution in [0.4, 0.5) is 0 Å². The second-order valence-corrected chi connectivity index (χ2v) is 5.42. The SMILES string of the molecule is CC1CC(CC(=O)O)(C(C)(C)N)C1C. The number of carboxylic acid groups (broad SMARTS) is 1. The first-order valence-electron chi connectivity index (χ1n) is 5.21. The second kappa shape index (κ2) is 3.23. The minimum Gasteiger partial charge on any atom is -0.481 e. The highest BCUT2D eigenvalue weighted by atomic mass is 16.4. The predicted molar refractivity (Wildman–Crippen MR) is 55.9 cm³/mol. The lowest BCUT2D eigenvalue weighted by Crippen LogP contribution is -2.63. The van der Waals surface area contributed by atoms with Crippen molar-refractivity contribution in [2.75, 3.05) is 0 Å². The lowest BCUT2D eigenvalue weighted by atomic mass is 9.47. The van der Waals surface area contributed by atoms with Gasteiger partial charge >= 0.3 is 5.97 Å². The Morgan fingerprint density at radius 1 is 1.57 bits per heavy atom. The molecule has 3 atom stereocenters. The Labute approximate surface area is 85.7 Å². The van der Waals surface area contributed by atoms with Gasteiger partial charge in [0.05, 0.1) is 6.42 Å². The Morgan fingerprint density at radius 2 is 2.07 bits per heavy atom. The molecule has 0 aliphatic heterocycles. The maximum atomic E-state index is 10.9. The Kier molecular flexibility index (Phi) is 2.65. The number of aliphatic carboxylic acids is 1. The number of nitrogens with two attached hydrogens (primary N) is 1. The quantitative estimate of drug-likeness (QED) is 0.729. The molecular formula is C11H21NO2. The van der Waals surface area contributed by atoms with Crippen LogP contribution in [0.25, 0.3) is 0 Å². The summed E-state index contributed by atoms with van der Waals surface area (Å²) in [5.74, 6) is 0.262. The standard InChI is InChI=1S/C11H21NO2/c1-7-5-11(8(7)2,6-9(13)14)10(3,4)12/h7-8H,5-6,12H2,1-4H3,(H,13,14). The summed E-state index contributed by atoms with van der Waals surface area (Å²) in [7, 11) is 0. The van der Waals surface area contributed by atoms with Crippen molar-refractivity contribution < 1.29 is 9.90 Å². The molecule has 1 fully saturated rings. The fraction of sp³-hybridized carbons (Fsp3) is 0.909. The van der Waals surface area contributed by atoms with Crippen LogP contribution in [0.3, 0.4) is 0 Å². The van der Waals surface area contributed by atoms with Gasteiger partial charge in [0.1, 0.15) is 0 Å². The molecule has 0 aromatic heterocycles. The summed E-state index contributed by atoms with van der Waals surface area (Å²) >= 11 is 0. The molecule has 1 aliphatic carbocycles. The van der Waals surface area contributed by atoms with Gasteiger partial charge in [0, 0.05) is 11.0 Å². The summed E-state index contributed by atoms with van der Waals surface area (Å²) in [4.78, 5) is 10.9. The van der Waals surface area contributed by atoms with Crippen molar-refractivity contribution >= 4 is 5.97 Å². The van der Waals surface area contributed by atoms with Crippen LogP contribution in [0.1, 0.15) is 40.5 Å². The van der Waals surface area contributed by atoms with Crippen LogP contribution in [0.15, 0.2) is 0 Å². The van der Waals surface area contributed by atoms with Crippen LogP contribution >= 0.6 is 0 Å². The van der Waals surface area contributed by atoms with E-state index in [-0.39, 0.29) is 11.8 Å². The van der Waals surface area contributed by atoms with Crippen molar-refractivity contribution in [3.05, 3.63) is 0 Å². The first-order chi connectivity index (χ1) is 6.21. The molecule has 82 valence electrons. The summed E-state index contributed by atoms with van der Waals surface area (Å²) in [5, 5.41) is 8.93. The highest BCUT2D eigenvalue weighted by Gasteiger charge is 2.57. The van der Waals surface area contributed by atoms with E-state index in [1.165, 1.54) is 0 Å². The largest absolute Gasteiger partial charge is 0.481 e. The highest BCUT2D eigenvalue weighted by Crippen LogP contribution is 2.58. The molecule has 0 spiro atoms. The zero-order valence-electron chi connectivity index (χ0n) is 9.50. The van der Waals surface area contributed by atoms with E-state index in [2.05, 4.69) is 13.8 Å². The van der Waals surface area contributed by atoms with Crippen molar-refractivity contribution in [2.24, 2.45) is 23.0 Å². The zero-order chi connectivity index (χ0) is 11.1. The van der Waals surface area contributed by atoms with Gasteiger partial charge in [-0.3, -0.25) is 4.79 Å². The fourth-order valence-electron chi connectivity index (χ4n) is 2.90. The Bertz CT molecular complexity index is 244. The van der Waals surface area contributed by atoms with Crippen LogP contribution in [-0.2, 0) is 4.79 Å². The first-order valence-corrected chi connectivity index (χ1v) is 5.21. The Balaban J connectivity index is 2.89. The van der Waals surface area contributed by atoms with E-state index in [1.54, 1.807) is 0 Å².